The summed E-state index contributed by atoms with van der Waals surface area (Å²) < 4.78 is 5.18. The van der Waals surface area contributed by atoms with Gasteiger partial charge in [-0.3, -0.25) is 4.79 Å². The zero-order chi connectivity index (χ0) is 14.5. The first-order valence-corrected chi connectivity index (χ1v) is 6.20. The standard InChI is InChI=1S/C15H15NO4/c1-16(12-6-4-11(5-7-12)15(18)19)14(17)9-8-13-3-2-10-20-13/h2-7,10H,8-9H2,1H3,(H,18,19). The van der Waals surface area contributed by atoms with E-state index in [4.69, 9.17) is 9.52 Å². The van der Waals surface area contributed by atoms with Crippen molar-refractivity contribution in [2.75, 3.05) is 11.9 Å². The summed E-state index contributed by atoms with van der Waals surface area (Å²) in [5.74, 6) is -0.263. The number of carboxylic acids is 1. The Balaban J connectivity index is 1.97. The quantitative estimate of drug-likeness (QED) is 0.908. The highest BCUT2D eigenvalue weighted by Gasteiger charge is 2.12. The van der Waals surface area contributed by atoms with Crippen LogP contribution in [0.15, 0.2) is 47.1 Å². The Kier molecular flexibility index (Phi) is 4.20. The monoisotopic (exact) mass is 273 g/mol. The number of hydrogen-bond acceptors (Lipinski definition) is 3. The van der Waals surface area contributed by atoms with E-state index < -0.39 is 5.97 Å². The molecule has 0 aliphatic carbocycles. The summed E-state index contributed by atoms with van der Waals surface area (Å²) in [5, 5.41) is 8.82. The van der Waals surface area contributed by atoms with Crippen molar-refractivity contribution in [3.05, 3.63) is 54.0 Å². The Morgan fingerprint density at radius 2 is 1.90 bits per heavy atom. The fourth-order valence-electron chi connectivity index (χ4n) is 1.82. The first-order chi connectivity index (χ1) is 9.58. The number of hydrogen-bond donors (Lipinski definition) is 1. The van der Waals surface area contributed by atoms with Gasteiger partial charge < -0.3 is 14.4 Å². The Labute approximate surface area is 116 Å². The van der Waals surface area contributed by atoms with E-state index in [-0.39, 0.29) is 11.5 Å². The van der Waals surface area contributed by atoms with E-state index in [0.717, 1.165) is 5.76 Å². The van der Waals surface area contributed by atoms with Gasteiger partial charge in [0.15, 0.2) is 0 Å². The third kappa shape index (κ3) is 3.26. The van der Waals surface area contributed by atoms with Gasteiger partial charge in [-0.05, 0) is 36.4 Å². The predicted octanol–water partition coefficient (Wildman–Crippen LogP) is 2.57. The van der Waals surface area contributed by atoms with E-state index in [0.29, 0.717) is 18.5 Å². The van der Waals surface area contributed by atoms with Gasteiger partial charge in [-0.25, -0.2) is 4.79 Å². The average molecular weight is 273 g/mol. The van der Waals surface area contributed by atoms with E-state index in [2.05, 4.69) is 0 Å². The summed E-state index contributed by atoms with van der Waals surface area (Å²) in [6, 6.07) is 9.81. The molecule has 20 heavy (non-hydrogen) atoms. The molecular formula is C15H15NO4. The summed E-state index contributed by atoms with van der Waals surface area (Å²) >= 11 is 0. The number of rotatable bonds is 5. The molecule has 5 nitrogen and oxygen atoms in total. The number of carbonyl (C=O) groups is 2. The highest BCUT2D eigenvalue weighted by Crippen LogP contribution is 2.15. The van der Waals surface area contributed by atoms with Crippen LogP contribution in [0.5, 0.6) is 0 Å². The van der Waals surface area contributed by atoms with Gasteiger partial charge in [-0.1, -0.05) is 0 Å². The second-order valence-corrected chi connectivity index (χ2v) is 4.38. The number of carbonyl (C=O) groups excluding carboxylic acids is 1. The molecule has 1 heterocycles. The Morgan fingerprint density at radius 1 is 1.20 bits per heavy atom. The smallest absolute Gasteiger partial charge is 0.335 e. The van der Waals surface area contributed by atoms with E-state index >= 15 is 0 Å². The fraction of sp³-hybridized carbons (Fsp3) is 0.200. The van der Waals surface area contributed by atoms with E-state index in [1.54, 1.807) is 31.5 Å². The predicted molar refractivity (Wildman–Crippen MR) is 73.8 cm³/mol. The van der Waals surface area contributed by atoms with Crippen LogP contribution >= 0.6 is 0 Å². The van der Waals surface area contributed by atoms with E-state index in [1.165, 1.54) is 17.0 Å². The van der Waals surface area contributed by atoms with Gasteiger partial charge in [0.25, 0.3) is 0 Å². The molecule has 1 amide bonds. The third-order valence-electron chi connectivity index (χ3n) is 3.04. The van der Waals surface area contributed by atoms with Gasteiger partial charge in [-0.2, -0.15) is 0 Å². The fourth-order valence-corrected chi connectivity index (χ4v) is 1.82. The van der Waals surface area contributed by atoms with Crippen LogP contribution in [0.1, 0.15) is 22.5 Å². The van der Waals surface area contributed by atoms with Crippen LogP contribution in [0, 0.1) is 0 Å². The number of benzene rings is 1. The highest BCUT2D eigenvalue weighted by molar-refractivity contribution is 5.94. The molecule has 0 radical (unpaired) electrons. The summed E-state index contributed by atoms with van der Waals surface area (Å²) in [4.78, 5) is 24.3. The van der Waals surface area contributed by atoms with Gasteiger partial charge >= 0.3 is 5.97 Å². The molecule has 104 valence electrons. The SMILES string of the molecule is CN(C(=O)CCc1ccco1)c1ccc(C(=O)O)cc1. The first-order valence-electron chi connectivity index (χ1n) is 6.20. The molecule has 1 N–H and O–H groups in total. The van der Waals surface area contributed by atoms with Crippen molar-refractivity contribution in [1.29, 1.82) is 0 Å². The van der Waals surface area contributed by atoms with Crippen LogP contribution in [0.3, 0.4) is 0 Å². The number of aryl methyl sites for hydroxylation is 1. The van der Waals surface area contributed by atoms with Crippen molar-refractivity contribution in [2.45, 2.75) is 12.8 Å². The Morgan fingerprint density at radius 3 is 2.45 bits per heavy atom. The van der Waals surface area contributed by atoms with Gasteiger partial charge in [0.05, 0.1) is 11.8 Å². The van der Waals surface area contributed by atoms with E-state index in [9.17, 15) is 9.59 Å². The molecule has 0 aliphatic heterocycles. The maximum atomic E-state index is 12.0. The molecule has 0 saturated carbocycles. The minimum Gasteiger partial charge on any atom is -0.478 e. The molecule has 5 heteroatoms. The second-order valence-electron chi connectivity index (χ2n) is 4.38. The second kappa shape index (κ2) is 6.06. The van der Waals surface area contributed by atoms with Crippen LogP contribution in [0.25, 0.3) is 0 Å². The molecular weight excluding hydrogens is 258 g/mol. The van der Waals surface area contributed by atoms with Crippen LogP contribution < -0.4 is 4.90 Å². The lowest BCUT2D eigenvalue weighted by atomic mass is 10.2. The van der Waals surface area contributed by atoms with Gasteiger partial charge in [0.1, 0.15) is 5.76 Å². The number of aromatic carboxylic acids is 1. The maximum absolute atomic E-state index is 12.0. The molecule has 1 aromatic carbocycles. The highest BCUT2D eigenvalue weighted by atomic mass is 16.4. The van der Waals surface area contributed by atoms with Crippen LogP contribution in [0.4, 0.5) is 5.69 Å². The number of nitrogens with zero attached hydrogens (tertiary/aromatic N) is 1. The lowest BCUT2D eigenvalue weighted by molar-refractivity contribution is -0.118. The van der Waals surface area contributed by atoms with Gasteiger partial charge in [0, 0.05) is 25.6 Å². The Bertz CT molecular complexity index is 587. The molecule has 0 bridgehead atoms. The number of amides is 1. The van der Waals surface area contributed by atoms with Crippen LogP contribution in [-0.2, 0) is 11.2 Å². The van der Waals surface area contributed by atoms with Crippen molar-refractivity contribution in [3.63, 3.8) is 0 Å². The third-order valence-corrected chi connectivity index (χ3v) is 3.04. The number of furan rings is 1. The zero-order valence-corrected chi connectivity index (χ0v) is 11.1. The van der Waals surface area contributed by atoms with Crippen molar-refractivity contribution >= 4 is 17.6 Å². The van der Waals surface area contributed by atoms with Gasteiger partial charge in [0.2, 0.25) is 5.91 Å². The summed E-state index contributed by atoms with van der Waals surface area (Å²) in [7, 11) is 1.67. The Hall–Kier alpha value is -2.56. The molecule has 0 unspecified atom stereocenters. The minimum atomic E-state index is -0.983. The summed E-state index contributed by atoms with van der Waals surface area (Å²) in [6.07, 6.45) is 2.46. The number of carboxylic acid groups (broad SMARTS) is 1. The molecule has 0 spiro atoms. The molecule has 2 rings (SSSR count). The summed E-state index contributed by atoms with van der Waals surface area (Å²) in [5.41, 5.74) is 0.865. The van der Waals surface area contributed by atoms with Crippen molar-refractivity contribution < 1.29 is 19.1 Å². The first kappa shape index (κ1) is 13.9. The minimum absolute atomic E-state index is 0.0514. The lowest BCUT2D eigenvalue weighted by Crippen LogP contribution is -2.26. The summed E-state index contributed by atoms with van der Waals surface area (Å²) in [6.45, 7) is 0. The van der Waals surface area contributed by atoms with Crippen molar-refractivity contribution in [3.8, 4) is 0 Å². The maximum Gasteiger partial charge on any atom is 0.335 e. The van der Waals surface area contributed by atoms with E-state index in [1.807, 2.05) is 6.07 Å². The molecule has 0 atom stereocenters. The molecule has 0 aliphatic rings. The molecule has 1 aromatic heterocycles. The average Bonchev–Trinajstić information content (AvgIpc) is 2.97. The van der Waals surface area contributed by atoms with Crippen molar-refractivity contribution in [2.24, 2.45) is 0 Å². The topological polar surface area (TPSA) is 70.8 Å². The van der Waals surface area contributed by atoms with Crippen molar-refractivity contribution in [1.82, 2.24) is 0 Å². The zero-order valence-electron chi connectivity index (χ0n) is 11.1. The lowest BCUT2D eigenvalue weighted by Gasteiger charge is -2.17. The molecule has 2 aromatic rings. The largest absolute Gasteiger partial charge is 0.478 e. The van der Waals surface area contributed by atoms with Gasteiger partial charge in [-0.15, -0.1) is 0 Å². The van der Waals surface area contributed by atoms with Crippen LogP contribution in [-0.4, -0.2) is 24.0 Å². The molecule has 0 saturated heterocycles. The van der Waals surface area contributed by atoms with Crippen LogP contribution in [0.2, 0.25) is 0 Å². The number of anilines is 1. The molecule has 0 fully saturated rings. The normalized spacial score (nSPS) is 10.2.